The van der Waals surface area contributed by atoms with E-state index in [9.17, 15) is 50.4 Å². The van der Waals surface area contributed by atoms with Crippen LogP contribution in [0.3, 0.4) is 0 Å². The van der Waals surface area contributed by atoms with E-state index in [-0.39, 0.29) is 43.8 Å². The summed E-state index contributed by atoms with van der Waals surface area (Å²) < 4.78 is 11.8. The van der Waals surface area contributed by atoms with Crippen molar-refractivity contribution < 1.29 is 59.9 Å². The molecule has 0 aromatic carbocycles. The molecule has 0 spiro atoms. The van der Waals surface area contributed by atoms with Crippen molar-refractivity contribution in [2.24, 2.45) is 39.4 Å². The third-order valence-corrected chi connectivity index (χ3v) is 13.8. The van der Waals surface area contributed by atoms with Crippen LogP contribution in [-0.2, 0) is 19.1 Å². The van der Waals surface area contributed by atoms with Gasteiger partial charge in [-0.1, -0.05) is 46.3 Å². The topological polar surface area (TPSA) is 214 Å². The predicted octanol–water partition coefficient (Wildman–Crippen LogP) is 0.769. The molecule has 48 heavy (non-hydrogen) atoms. The number of hydrogen-bond acceptors (Lipinski definition) is 12. The molecule has 5 rings (SSSR count). The SMILES string of the molecule is CC(C)(O)CCC(=O)C(C)(O)C1C(O)CC2(C)C3CC=C4C(CC(O)C(OC5OC(CO)C(O)C(O)C5O)C4(C)C)C3(C)C(=O)CC12C. The zero-order valence-electron chi connectivity index (χ0n) is 29.6. The number of fused-ring (bicyclic) bond motifs is 5. The summed E-state index contributed by atoms with van der Waals surface area (Å²) in [5.74, 6) is -2.12. The maximum absolute atomic E-state index is 14.6. The molecular formula is C36H58O12. The Morgan fingerprint density at radius 1 is 0.958 bits per heavy atom. The van der Waals surface area contributed by atoms with E-state index in [0.29, 0.717) is 6.42 Å². The first-order valence-corrected chi connectivity index (χ1v) is 17.4. The lowest BCUT2D eigenvalue weighted by molar-refractivity contribution is -0.327. The number of carbonyl (C=O) groups excluding carboxylic acids is 2. The molecule has 0 bridgehead atoms. The highest BCUT2D eigenvalue weighted by Gasteiger charge is 2.74. The summed E-state index contributed by atoms with van der Waals surface area (Å²) in [7, 11) is 0. The van der Waals surface area contributed by atoms with E-state index in [0.717, 1.165) is 5.57 Å². The maximum Gasteiger partial charge on any atom is 0.187 e. The van der Waals surface area contributed by atoms with Gasteiger partial charge in [-0.2, -0.15) is 0 Å². The highest BCUT2D eigenvalue weighted by atomic mass is 16.7. The summed E-state index contributed by atoms with van der Waals surface area (Å²) in [6, 6.07) is 0. The second-order valence-corrected chi connectivity index (χ2v) is 17.6. The van der Waals surface area contributed by atoms with Gasteiger partial charge in [0.15, 0.2) is 12.1 Å². The Bertz CT molecular complexity index is 1300. The molecule has 15 atom stereocenters. The maximum atomic E-state index is 14.6. The van der Waals surface area contributed by atoms with Gasteiger partial charge in [-0.25, -0.2) is 0 Å². The number of Topliss-reactive ketones (excluding diaryl/α,β-unsaturated/α-hetero) is 2. The minimum atomic E-state index is -1.93. The molecule has 1 saturated heterocycles. The van der Waals surface area contributed by atoms with Crippen LogP contribution in [0.4, 0.5) is 0 Å². The van der Waals surface area contributed by atoms with Gasteiger partial charge in [0.2, 0.25) is 0 Å². The highest BCUT2D eigenvalue weighted by molar-refractivity contribution is 5.90. The first kappa shape index (κ1) is 37.9. The fraction of sp³-hybridized carbons (Fsp3) is 0.889. The lowest BCUT2D eigenvalue weighted by Crippen LogP contribution is -2.66. The molecule has 274 valence electrons. The molecule has 5 aliphatic rings. The Morgan fingerprint density at radius 3 is 2.17 bits per heavy atom. The quantitative estimate of drug-likeness (QED) is 0.167. The molecule has 3 saturated carbocycles. The second-order valence-electron chi connectivity index (χ2n) is 17.6. The fourth-order valence-corrected chi connectivity index (χ4v) is 11.0. The van der Waals surface area contributed by atoms with Gasteiger partial charge in [0.1, 0.15) is 35.8 Å². The van der Waals surface area contributed by atoms with Gasteiger partial charge >= 0.3 is 0 Å². The molecule has 8 N–H and O–H groups in total. The first-order valence-electron chi connectivity index (χ1n) is 17.4. The molecule has 4 fully saturated rings. The van der Waals surface area contributed by atoms with Crippen molar-refractivity contribution in [2.75, 3.05) is 6.61 Å². The molecule has 0 aromatic heterocycles. The Hall–Kier alpha value is -1.32. The van der Waals surface area contributed by atoms with Crippen LogP contribution in [-0.4, -0.2) is 119 Å². The number of allylic oxidation sites excluding steroid dienone is 1. The van der Waals surface area contributed by atoms with Gasteiger partial charge in [-0.3, -0.25) is 9.59 Å². The van der Waals surface area contributed by atoms with Crippen LogP contribution in [0.5, 0.6) is 0 Å². The summed E-state index contributed by atoms with van der Waals surface area (Å²) >= 11 is 0. The van der Waals surface area contributed by atoms with E-state index in [1.165, 1.54) is 6.92 Å². The number of ether oxygens (including phenoxy) is 2. The van der Waals surface area contributed by atoms with Crippen molar-refractivity contribution in [2.45, 2.75) is 154 Å². The first-order chi connectivity index (χ1) is 21.9. The molecule has 15 unspecified atom stereocenters. The molecule has 1 aliphatic heterocycles. The van der Waals surface area contributed by atoms with Crippen molar-refractivity contribution in [1.82, 2.24) is 0 Å². The third kappa shape index (κ3) is 5.48. The summed E-state index contributed by atoms with van der Waals surface area (Å²) in [5, 5.41) is 86.2. The average molecular weight is 683 g/mol. The molecule has 12 heteroatoms. The fourth-order valence-electron chi connectivity index (χ4n) is 11.0. The van der Waals surface area contributed by atoms with E-state index in [2.05, 4.69) is 13.0 Å². The van der Waals surface area contributed by atoms with E-state index in [1.54, 1.807) is 13.8 Å². The third-order valence-electron chi connectivity index (χ3n) is 13.8. The lowest BCUT2D eigenvalue weighted by Gasteiger charge is -2.65. The van der Waals surface area contributed by atoms with Crippen molar-refractivity contribution in [3.63, 3.8) is 0 Å². The summed E-state index contributed by atoms with van der Waals surface area (Å²) in [6.45, 7) is 13.7. The second kappa shape index (κ2) is 12.1. The molecule has 0 aromatic rings. The van der Waals surface area contributed by atoms with Gasteiger partial charge in [0, 0.05) is 29.6 Å². The van der Waals surface area contributed by atoms with E-state index >= 15 is 0 Å². The van der Waals surface area contributed by atoms with Gasteiger partial charge < -0.3 is 50.3 Å². The molecular weight excluding hydrogens is 624 g/mol. The van der Waals surface area contributed by atoms with E-state index in [4.69, 9.17) is 9.47 Å². The summed E-state index contributed by atoms with van der Waals surface area (Å²) in [6.07, 6.45) is -7.43. The highest BCUT2D eigenvalue weighted by Crippen LogP contribution is 2.74. The number of hydrogen-bond donors (Lipinski definition) is 8. The van der Waals surface area contributed by atoms with Gasteiger partial charge in [-0.15, -0.1) is 0 Å². The number of ketones is 2. The predicted molar refractivity (Wildman–Crippen MR) is 172 cm³/mol. The van der Waals surface area contributed by atoms with Crippen LogP contribution in [0.25, 0.3) is 0 Å². The van der Waals surface area contributed by atoms with Crippen molar-refractivity contribution in [3.8, 4) is 0 Å². The summed E-state index contributed by atoms with van der Waals surface area (Å²) in [4.78, 5) is 28.1. The number of carbonyl (C=O) groups is 2. The van der Waals surface area contributed by atoms with Gasteiger partial charge in [0.05, 0.1) is 30.5 Å². The normalized spacial score (nSPS) is 48.5. The Balaban J connectivity index is 1.47. The van der Waals surface area contributed by atoms with Crippen molar-refractivity contribution in [1.29, 1.82) is 0 Å². The van der Waals surface area contributed by atoms with Gasteiger partial charge in [-0.05, 0) is 69.1 Å². The number of aliphatic hydroxyl groups excluding tert-OH is 6. The monoisotopic (exact) mass is 682 g/mol. The van der Waals surface area contributed by atoms with Crippen LogP contribution >= 0.6 is 0 Å². The molecule has 1 heterocycles. The minimum absolute atomic E-state index is 0.0260. The largest absolute Gasteiger partial charge is 0.394 e. The minimum Gasteiger partial charge on any atom is -0.394 e. The van der Waals surface area contributed by atoms with E-state index < -0.39 is 106 Å². The zero-order valence-corrected chi connectivity index (χ0v) is 29.6. The molecule has 0 radical (unpaired) electrons. The average Bonchev–Trinajstić information content (AvgIpc) is 3.18. The Labute approximate surface area is 283 Å². The summed E-state index contributed by atoms with van der Waals surface area (Å²) in [5.41, 5.74) is -5.54. The number of aliphatic hydroxyl groups is 8. The van der Waals surface area contributed by atoms with Crippen LogP contribution in [0.1, 0.15) is 93.9 Å². The van der Waals surface area contributed by atoms with Crippen LogP contribution in [0.15, 0.2) is 11.6 Å². The Morgan fingerprint density at radius 2 is 1.58 bits per heavy atom. The standard InChI is InChI=1S/C36H58O12/c1-31(2,45)12-11-23(40)36(8,46)28-20(39)14-33(5)22-10-9-17-18(35(22,7)24(41)15-34(28,33)6)13-19(38)29(32(17,3)4)48-30-27(44)26(43)25(42)21(16-37)47-30/h9,18-22,25-30,37-39,42-46H,10-16H2,1-8H3. The smallest absolute Gasteiger partial charge is 0.187 e. The van der Waals surface area contributed by atoms with Crippen molar-refractivity contribution in [3.05, 3.63) is 11.6 Å². The van der Waals surface area contributed by atoms with E-state index in [1.807, 2.05) is 27.7 Å². The zero-order chi connectivity index (χ0) is 36.2. The van der Waals surface area contributed by atoms with Crippen molar-refractivity contribution >= 4 is 11.6 Å². The molecule has 12 nitrogen and oxygen atoms in total. The molecule has 4 aliphatic carbocycles. The van der Waals surface area contributed by atoms with Crippen LogP contribution in [0, 0.1) is 39.4 Å². The Kier molecular flexibility index (Phi) is 9.59. The van der Waals surface area contributed by atoms with Gasteiger partial charge in [0.25, 0.3) is 0 Å². The molecule has 0 amide bonds. The number of rotatable bonds is 8. The van der Waals surface area contributed by atoms with Crippen LogP contribution < -0.4 is 0 Å². The van der Waals surface area contributed by atoms with Crippen LogP contribution in [0.2, 0.25) is 0 Å². The lowest BCUT2D eigenvalue weighted by atomic mass is 9.38.